The van der Waals surface area contributed by atoms with Crippen LogP contribution in [0.5, 0.6) is 5.75 Å². The van der Waals surface area contributed by atoms with E-state index in [0.29, 0.717) is 44.4 Å². The van der Waals surface area contributed by atoms with Crippen molar-refractivity contribution in [1.29, 1.82) is 0 Å². The maximum atomic E-state index is 13.2. The van der Waals surface area contributed by atoms with Gasteiger partial charge in [-0.1, -0.05) is 24.3 Å². The average Bonchev–Trinajstić information content (AvgIpc) is 2.90. The summed E-state index contributed by atoms with van der Waals surface area (Å²) in [5.41, 5.74) is 1.25. The molecule has 1 amide bonds. The van der Waals surface area contributed by atoms with Crippen LogP contribution in [0.25, 0.3) is 0 Å². The Hall–Kier alpha value is -3.92. The van der Waals surface area contributed by atoms with Crippen LogP contribution in [0, 0.1) is 5.82 Å². The van der Waals surface area contributed by atoms with E-state index in [1.54, 1.807) is 29.1 Å². The van der Waals surface area contributed by atoms with Gasteiger partial charge < -0.3 is 24.3 Å². The van der Waals surface area contributed by atoms with Gasteiger partial charge in [-0.05, 0) is 56.2 Å². The molecule has 4 rings (SSSR count). The fraction of sp³-hybridized carbons (Fsp3) is 0.414. The van der Waals surface area contributed by atoms with Crippen LogP contribution in [0.3, 0.4) is 0 Å². The number of ether oxygens (including phenoxy) is 2. The highest BCUT2D eigenvalue weighted by atomic mass is 19.1. The van der Waals surface area contributed by atoms with Crippen molar-refractivity contribution in [2.24, 2.45) is 0 Å². The number of hydrogen-bond acceptors (Lipinski definition) is 7. The molecule has 0 atom stereocenters. The van der Waals surface area contributed by atoms with Crippen LogP contribution >= 0.6 is 0 Å². The highest BCUT2D eigenvalue weighted by Crippen LogP contribution is 2.13. The molecule has 0 radical (unpaired) electrons. The minimum absolute atomic E-state index is 0.124. The molecule has 1 aliphatic rings. The van der Waals surface area contributed by atoms with E-state index in [-0.39, 0.29) is 11.4 Å². The molecule has 1 saturated heterocycles. The van der Waals surface area contributed by atoms with Crippen LogP contribution in [-0.4, -0.2) is 65.5 Å². The Morgan fingerprint density at radius 3 is 2.33 bits per heavy atom. The van der Waals surface area contributed by atoms with Gasteiger partial charge in [0.15, 0.2) is 5.82 Å². The number of aromatic nitrogens is 2. The van der Waals surface area contributed by atoms with Crippen molar-refractivity contribution in [2.75, 3.05) is 44.2 Å². The number of benzene rings is 2. The quantitative estimate of drug-likeness (QED) is 0.446. The molecule has 0 aliphatic carbocycles. The van der Waals surface area contributed by atoms with Crippen LogP contribution in [0.15, 0.2) is 65.7 Å². The molecule has 1 fully saturated rings. The SMILES string of the molecule is CC(C)(C)OC(=O)NCc1ccc(Cn2ccnc(N3CCN(CCOc4ccc(F)cc4)CC3)c2=O)cc1. The second kappa shape index (κ2) is 12.8. The molecule has 39 heavy (non-hydrogen) atoms. The Labute approximate surface area is 228 Å². The van der Waals surface area contributed by atoms with Gasteiger partial charge in [0.2, 0.25) is 0 Å². The molecule has 0 spiro atoms. The van der Waals surface area contributed by atoms with Crippen molar-refractivity contribution in [3.63, 3.8) is 0 Å². The van der Waals surface area contributed by atoms with Gasteiger partial charge in [0.25, 0.3) is 5.56 Å². The van der Waals surface area contributed by atoms with Gasteiger partial charge in [-0.3, -0.25) is 9.69 Å². The molecule has 0 unspecified atom stereocenters. The zero-order valence-electron chi connectivity index (χ0n) is 22.7. The molecule has 208 valence electrons. The van der Waals surface area contributed by atoms with Crippen molar-refractivity contribution in [3.8, 4) is 5.75 Å². The molecule has 9 nitrogen and oxygen atoms in total. The number of halogens is 1. The zero-order chi connectivity index (χ0) is 27.8. The standard InChI is InChI=1S/C29H36FN5O4/c1-29(2,3)39-28(37)32-20-22-4-6-23(7-5-22)21-35-13-12-31-26(27(35)36)34-16-14-33(15-17-34)18-19-38-25-10-8-24(30)9-11-25/h4-13H,14-21H2,1-3H3,(H,32,37). The Morgan fingerprint density at radius 2 is 1.67 bits per heavy atom. The first-order chi connectivity index (χ1) is 18.7. The van der Waals surface area contributed by atoms with Crippen molar-refractivity contribution in [3.05, 3.63) is 88.2 Å². The van der Waals surface area contributed by atoms with Crippen LogP contribution in [0.4, 0.5) is 15.0 Å². The number of anilines is 1. The summed E-state index contributed by atoms with van der Waals surface area (Å²) in [5, 5.41) is 2.75. The fourth-order valence-corrected chi connectivity index (χ4v) is 4.23. The first kappa shape index (κ1) is 28.1. The second-order valence-electron chi connectivity index (χ2n) is 10.5. The van der Waals surface area contributed by atoms with E-state index in [2.05, 4.69) is 15.2 Å². The topological polar surface area (TPSA) is 88.9 Å². The summed E-state index contributed by atoms with van der Waals surface area (Å²) in [6.07, 6.45) is 2.91. The van der Waals surface area contributed by atoms with Crippen LogP contribution < -0.4 is 20.5 Å². The summed E-state index contributed by atoms with van der Waals surface area (Å²) in [6, 6.07) is 13.8. The predicted octanol–water partition coefficient (Wildman–Crippen LogP) is 3.66. The molecule has 1 aromatic heterocycles. The minimum Gasteiger partial charge on any atom is -0.492 e. The van der Waals surface area contributed by atoms with E-state index < -0.39 is 11.7 Å². The van der Waals surface area contributed by atoms with Gasteiger partial charge in [0.05, 0.1) is 6.54 Å². The van der Waals surface area contributed by atoms with Gasteiger partial charge in [-0.15, -0.1) is 0 Å². The van der Waals surface area contributed by atoms with Crippen molar-refractivity contribution < 1.29 is 18.7 Å². The largest absolute Gasteiger partial charge is 0.492 e. The summed E-state index contributed by atoms with van der Waals surface area (Å²) in [6.45, 7) is 10.5. The van der Waals surface area contributed by atoms with Crippen LogP contribution in [0.1, 0.15) is 31.9 Å². The van der Waals surface area contributed by atoms with Gasteiger partial charge in [0, 0.05) is 51.7 Å². The molecular weight excluding hydrogens is 501 g/mol. The third-order valence-corrected chi connectivity index (χ3v) is 6.27. The summed E-state index contributed by atoms with van der Waals surface area (Å²) in [5.74, 6) is 0.823. The molecule has 0 bridgehead atoms. The Kier molecular flexibility index (Phi) is 9.19. The predicted molar refractivity (Wildman–Crippen MR) is 148 cm³/mol. The average molecular weight is 538 g/mol. The summed E-state index contributed by atoms with van der Waals surface area (Å²) < 4.78 is 25.7. The lowest BCUT2D eigenvalue weighted by Gasteiger charge is -2.35. The highest BCUT2D eigenvalue weighted by Gasteiger charge is 2.21. The smallest absolute Gasteiger partial charge is 0.407 e. The lowest BCUT2D eigenvalue weighted by Crippen LogP contribution is -2.49. The van der Waals surface area contributed by atoms with E-state index in [9.17, 15) is 14.0 Å². The van der Waals surface area contributed by atoms with E-state index in [1.165, 1.54) is 12.1 Å². The third kappa shape index (κ3) is 8.54. The number of nitrogens with zero attached hydrogens (tertiary/aromatic N) is 4. The van der Waals surface area contributed by atoms with Gasteiger partial charge in [-0.2, -0.15) is 0 Å². The van der Waals surface area contributed by atoms with Crippen molar-refractivity contribution >= 4 is 11.9 Å². The maximum Gasteiger partial charge on any atom is 0.407 e. The summed E-state index contributed by atoms with van der Waals surface area (Å²) in [4.78, 5) is 33.8. The molecule has 0 saturated carbocycles. The number of rotatable bonds is 9. The lowest BCUT2D eigenvalue weighted by molar-refractivity contribution is 0.0523. The van der Waals surface area contributed by atoms with E-state index in [1.807, 2.05) is 49.9 Å². The zero-order valence-corrected chi connectivity index (χ0v) is 22.7. The monoisotopic (exact) mass is 537 g/mol. The normalized spacial score (nSPS) is 14.2. The van der Waals surface area contributed by atoms with Crippen molar-refractivity contribution in [1.82, 2.24) is 19.8 Å². The number of carbonyl (C=O) groups is 1. The molecular formula is C29H36FN5O4. The van der Waals surface area contributed by atoms with Crippen LogP contribution in [0.2, 0.25) is 0 Å². The number of hydrogen-bond donors (Lipinski definition) is 1. The maximum absolute atomic E-state index is 13.2. The molecule has 2 aromatic carbocycles. The van der Waals surface area contributed by atoms with Gasteiger partial charge in [-0.25, -0.2) is 14.2 Å². The Morgan fingerprint density at radius 1 is 1.00 bits per heavy atom. The first-order valence-electron chi connectivity index (χ1n) is 13.1. The molecule has 2 heterocycles. The Bertz CT molecular complexity index is 1280. The number of piperazine rings is 1. The number of carbonyl (C=O) groups excluding carboxylic acids is 1. The highest BCUT2D eigenvalue weighted by molar-refractivity contribution is 5.67. The third-order valence-electron chi connectivity index (χ3n) is 6.27. The number of nitrogens with one attached hydrogen (secondary N) is 1. The Balaban J connectivity index is 1.26. The number of amides is 1. The van der Waals surface area contributed by atoms with E-state index in [4.69, 9.17) is 9.47 Å². The molecule has 3 aromatic rings. The minimum atomic E-state index is -0.542. The van der Waals surface area contributed by atoms with Crippen LogP contribution in [-0.2, 0) is 17.8 Å². The van der Waals surface area contributed by atoms with Gasteiger partial charge in [0.1, 0.15) is 23.8 Å². The van der Waals surface area contributed by atoms with Gasteiger partial charge >= 0.3 is 6.09 Å². The number of alkyl carbamates (subject to hydrolysis) is 1. The molecule has 10 heteroatoms. The fourth-order valence-electron chi connectivity index (χ4n) is 4.23. The molecule has 1 aliphatic heterocycles. The van der Waals surface area contributed by atoms with Crippen molar-refractivity contribution in [2.45, 2.75) is 39.5 Å². The summed E-state index contributed by atoms with van der Waals surface area (Å²) >= 11 is 0. The van der Waals surface area contributed by atoms with E-state index in [0.717, 1.165) is 30.8 Å². The molecule has 1 N–H and O–H groups in total. The van der Waals surface area contributed by atoms with E-state index >= 15 is 0 Å². The lowest BCUT2D eigenvalue weighted by atomic mass is 10.1. The first-order valence-corrected chi connectivity index (χ1v) is 13.1. The second-order valence-corrected chi connectivity index (χ2v) is 10.5. The summed E-state index contributed by atoms with van der Waals surface area (Å²) in [7, 11) is 0.